The molecule has 1 atom stereocenters. The minimum atomic E-state index is 0. The van der Waals surface area contributed by atoms with Crippen molar-refractivity contribution in [3.8, 4) is 0 Å². The van der Waals surface area contributed by atoms with Gasteiger partial charge in [0.05, 0.1) is 27.2 Å². The molecule has 0 aliphatic heterocycles. The van der Waals surface area contributed by atoms with E-state index in [9.17, 15) is 0 Å². The van der Waals surface area contributed by atoms with Crippen molar-refractivity contribution >= 4 is 0 Å². The quantitative estimate of drug-likeness (QED) is 0.383. The standard InChI is InChI=1S/C17H38N.ClH/c1-6-7-8-9-10-11-12-13-14-15-16-17(2)18(3,4)5;/h17H,6-16H2,1-5H3;1H/q+1;/p-1. The summed E-state index contributed by atoms with van der Waals surface area (Å²) in [5, 5.41) is 0. The summed E-state index contributed by atoms with van der Waals surface area (Å²) in [6.07, 6.45) is 15.8. The molecule has 0 aromatic heterocycles. The monoisotopic (exact) mass is 291 g/mol. The van der Waals surface area contributed by atoms with Gasteiger partial charge in [-0.25, -0.2) is 0 Å². The lowest BCUT2D eigenvalue weighted by molar-refractivity contribution is -0.894. The van der Waals surface area contributed by atoms with Crippen LogP contribution in [0.25, 0.3) is 0 Å². The highest BCUT2D eigenvalue weighted by Gasteiger charge is 2.16. The molecule has 19 heavy (non-hydrogen) atoms. The molecule has 0 aliphatic rings. The predicted octanol–water partition coefficient (Wildman–Crippen LogP) is 2.40. The molecule has 1 unspecified atom stereocenters. The van der Waals surface area contributed by atoms with E-state index in [4.69, 9.17) is 0 Å². The summed E-state index contributed by atoms with van der Waals surface area (Å²) in [7, 11) is 6.92. The molecule has 118 valence electrons. The van der Waals surface area contributed by atoms with Crippen LogP contribution in [0.1, 0.15) is 84.5 Å². The molecule has 0 N–H and O–H groups in total. The van der Waals surface area contributed by atoms with Gasteiger partial charge in [-0.2, -0.15) is 0 Å². The van der Waals surface area contributed by atoms with Crippen molar-refractivity contribution < 1.29 is 16.9 Å². The second-order valence-corrected chi connectivity index (χ2v) is 6.94. The van der Waals surface area contributed by atoms with Gasteiger partial charge < -0.3 is 16.9 Å². The van der Waals surface area contributed by atoms with E-state index in [0.717, 1.165) is 10.5 Å². The molecule has 0 aliphatic carbocycles. The highest BCUT2D eigenvalue weighted by molar-refractivity contribution is 4.52. The number of hydrogen-bond donors (Lipinski definition) is 0. The van der Waals surface area contributed by atoms with Crippen LogP contribution in [-0.4, -0.2) is 31.7 Å². The highest BCUT2D eigenvalue weighted by Crippen LogP contribution is 2.14. The molecule has 0 aromatic carbocycles. The Labute approximate surface area is 129 Å². The molecule has 0 bridgehead atoms. The van der Waals surface area contributed by atoms with Gasteiger partial charge in [-0.3, -0.25) is 0 Å². The Balaban J connectivity index is 0. The Morgan fingerprint density at radius 3 is 1.42 bits per heavy atom. The zero-order valence-electron chi connectivity index (χ0n) is 14.2. The maximum Gasteiger partial charge on any atom is 0.0855 e. The van der Waals surface area contributed by atoms with Crippen LogP contribution in [-0.2, 0) is 0 Å². The van der Waals surface area contributed by atoms with E-state index in [0.29, 0.717) is 0 Å². The molecule has 0 amide bonds. The summed E-state index contributed by atoms with van der Waals surface area (Å²) in [5.74, 6) is 0. The molecule has 0 fully saturated rings. The highest BCUT2D eigenvalue weighted by atomic mass is 35.5. The number of quaternary nitrogens is 1. The Bertz CT molecular complexity index is 175. The first-order chi connectivity index (χ1) is 8.48. The lowest BCUT2D eigenvalue weighted by Gasteiger charge is -2.31. The third-order valence-electron chi connectivity index (χ3n) is 4.30. The van der Waals surface area contributed by atoms with Crippen LogP contribution in [0.3, 0.4) is 0 Å². The van der Waals surface area contributed by atoms with Gasteiger partial charge >= 0.3 is 0 Å². The molecule has 0 saturated heterocycles. The minimum Gasteiger partial charge on any atom is -1.00 e. The molecular weight excluding hydrogens is 254 g/mol. The van der Waals surface area contributed by atoms with E-state index in [1.54, 1.807) is 0 Å². The molecule has 0 saturated carbocycles. The topological polar surface area (TPSA) is 0 Å². The Hall–Kier alpha value is 0.250. The van der Waals surface area contributed by atoms with Gasteiger partial charge in [-0.1, -0.05) is 64.7 Å². The summed E-state index contributed by atoms with van der Waals surface area (Å²) in [6.45, 7) is 4.67. The summed E-state index contributed by atoms with van der Waals surface area (Å²) in [4.78, 5) is 0. The van der Waals surface area contributed by atoms with E-state index >= 15 is 0 Å². The first-order valence-electron chi connectivity index (χ1n) is 8.29. The van der Waals surface area contributed by atoms with E-state index < -0.39 is 0 Å². The van der Waals surface area contributed by atoms with Gasteiger partial charge in [0.2, 0.25) is 0 Å². The zero-order valence-corrected chi connectivity index (χ0v) is 14.9. The van der Waals surface area contributed by atoms with Crippen molar-refractivity contribution in [3.05, 3.63) is 0 Å². The Morgan fingerprint density at radius 2 is 1.05 bits per heavy atom. The second kappa shape index (κ2) is 13.2. The Morgan fingerprint density at radius 1 is 0.684 bits per heavy atom. The van der Waals surface area contributed by atoms with Gasteiger partial charge in [0, 0.05) is 0 Å². The molecule has 2 heteroatoms. The van der Waals surface area contributed by atoms with Crippen LogP contribution >= 0.6 is 0 Å². The molecule has 0 heterocycles. The predicted molar refractivity (Wildman–Crippen MR) is 84.0 cm³/mol. The lowest BCUT2D eigenvalue weighted by Crippen LogP contribution is -3.00. The molecule has 0 rings (SSSR count). The SMILES string of the molecule is CCCCCCCCCCCCC(C)[N+](C)(C)C.[Cl-]. The summed E-state index contributed by atoms with van der Waals surface area (Å²) in [6, 6.07) is 0.805. The molecule has 0 aromatic rings. The summed E-state index contributed by atoms with van der Waals surface area (Å²) >= 11 is 0. The zero-order chi connectivity index (χ0) is 13.9. The first-order valence-corrected chi connectivity index (χ1v) is 8.29. The average molecular weight is 292 g/mol. The molecule has 0 radical (unpaired) electrons. The third kappa shape index (κ3) is 14.5. The van der Waals surface area contributed by atoms with Crippen molar-refractivity contribution in [3.63, 3.8) is 0 Å². The van der Waals surface area contributed by atoms with E-state index in [-0.39, 0.29) is 12.4 Å². The number of unbranched alkanes of at least 4 members (excludes halogenated alkanes) is 9. The lowest BCUT2D eigenvalue weighted by atomic mass is 10.0. The fourth-order valence-electron chi connectivity index (χ4n) is 2.31. The molecular formula is C17H38ClN. The normalized spacial score (nSPS) is 13.1. The van der Waals surface area contributed by atoms with Crippen LogP contribution in [0.15, 0.2) is 0 Å². The molecule has 1 nitrogen and oxygen atoms in total. The van der Waals surface area contributed by atoms with Gasteiger partial charge in [-0.15, -0.1) is 0 Å². The summed E-state index contributed by atoms with van der Waals surface area (Å²) in [5.41, 5.74) is 0. The second-order valence-electron chi connectivity index (χ2n) is 6.94. The average Bonchev–Trinajstić information content (AvgIpc) is 2.30. The van der Waals surface area contributed by atoms with Crippen molar-refractivity contribution in [2.75, 3.05) is 21.1 Å². The van der Waals surface area contributed by atoms with Crippen LogP contribution in [0, 0.1) is 0 Å². The first kappa shape index (κ1) is 21.5. The number of nitrogens with zero attached hydrogens (tertiary/aromatic N) is 1. The van der Waals surface area contributed by atoms with Gasteiger partial charge in [0.15, 0.2) is 0 Å². The van der Waals surface area contributed by atoms with Crippen molar-refractivity contribution in [1.82, 2.24) is 0 Å². The van der Waals surface area contributed by atoms with Crippen molar-refractivity contribution in [1.29, 1.82) is 0 Å². The minimum absolute atomic E-state index is 0. The van der Waals surface area contributed by atoms with E-state index in [2.05, 4.69) is 35.0 Å². The summed E-state index contributed by atoms with van der Waals surface area (Å²) < 4.78 is 1.11. The maximum atomic E-state index is 2.38. The van der Waals surface area contributed by atoms with Crippen LogP contribution in [0.4, 0.5) is 0 Å². The van der Waals surface area contributed by atoms with E-state index in [1.165, 1.54) is 70.6 Å². The van der Waals surface area contributed by atoms with Crippen LogP contribution in [0.2, 0.25) is 0 Å². The third-order valence-corrected chi connectivity index (χ3v) is 4.30. The Kier molecular flexibility index (Phi) is 15.0. The van der Waals surface area contributed by atoms with Crippen LogP contribution < -0.4 is 12.4 Å². The van der Waals surface area contributed by atoms with Gasteiger partial charge in [-0.05, 0) is 19.8 Å². The fourth-order valence-corrected chi connectivity index (χ4v) is 2.31. The number of halogens is 1. The van der Waals surface area contributed by atoms with Crippen molar-refractivity contribution in [2.24, 2.45) is 0 Å². The fraction of sp³-hybridized carbons (Fsp3) is 1.00. The molecule has 0 spiro atoms. The largest absolute Gasteiger partial charge is 1.00 e. The van der Waals surface area contributed by atoms with Crippen LogP contribution in [0.5, 0.6) is 0 Å². The van der Waals surface area contributed by atoms with E-state index in [1.807, 2.05) is 0 Å². The van der Waals surface area contributed by atoms with Gasteiger partial charge in [0.25, 0.3) is 0 Å². The number of hydrogen-bond acceptors (Lipinski definition) is 0. The van der Waals surface area contributed by atoms with Crippen molar-refractivity contribution in [2.45, 2.75) is 90.5 Å². The van der Waals surface area contributed by atoms with Gasteiger partial charge in [0.1, 0.15) is 0 Å². The maximum absolute atomic E-state index is 2.38. The number of rotatable bonds is 12. The smallest absolute Gasteiger partial charge is 0.0855 e.